The summed E-state index contributed by atoms with van der Waals surface area (Å²) in [6.45, 7) is 4.15. The number of furan rings is 1. The summed E-state index contributed by atoms with van der Waals surface area (Å²) in [6.07, 6.45) is 1.68. The fourth-order valence-electron chi connectivity index (χ4n) is 4.88. The molecule has 0 spiro atoms. The molecule has 0 bridgehead atoms. The molecule has 4 heteroatoms. The monoisotopic (exact) mass is 431 g/mol. The van der Waals surface area contributed by atoms with E-state index < -0.39 is 0 Å². The van der Waals surface area contributed by atoms with Crippen LogP contribution in [0.1, 0.15) is 37.5 Å². The van der Waals surface area contributed by atoms with Crippen LogP contribution in [0.15, 0.2) is 76.7 Å². The van der Waals surface area contributed by atoms with Crippen molar-refractivity contribution in [2.75, 3.05) is 0 Å². The van der Waals surface area contributed by atoms with Gasteiger partial charge in [-0.3, -0.25) is 9.59 Å². The summed E-state index contributed by atoms with van der Waals surface area (Å²) in [4.78, 5) is 26.2. The molecule has 1 aliphatic rings. The van der Waals surface area contributed by atoms with Crippen LogP contribution in [0.5, 0.6) is 0 Å². The number of rotatable bonds is 2. The molecule has 33 heavy (non-hydrogen) atoms. The third-order valence-corrected chi connectivity index (χ3v) is 6.65. The molecule has 0 saturated carbocycles. The Morgan fingerprint density at radius 1 is 0.788 bits per heavy atom. The number of aromatic nitrogens is 1. The van der Waals surface area contributed by atoms with E-state index in [0.717, 1.165) is 50.0 Å². The molecule has 0 fully saturated rings. The van der Waals surface area contributed by atoms with E-state index in [0.29, 0.717) is 11.1 Å². The second-order valence-corrected chi connectivity index (χ2v) is 8.72. The van der Waals surface area contributed by atoms with E-state index in [1.165, 1.54) is 0 Å². The Balaban J connectivity index is 1.43. The number of allylic oxidation sites excluding steroid dienone is 1. The fourth-order valence-corrected chi connectivity index (χ4v) is 4.88. The fraction of sp³-hybridized carbons (Fsp3) is 0.103. The second kappa shape index (κ2) is 6.91. The smallest absolute Gasteiger partial charge is 0.197 e. The minimum Gasteiger partial charge on any atom is -0.454 e. The average molecular weight is 431 g/mol. The van der Waals surface area contributed by atoms with Gasteiger partial charge in [0.05, 0.1) is 11.1 Å². The predicted molar refractivity (Wildman–Crippen MR) is 131 cm³/mol. The van der Waals surface area contributed by atoms with Crippen molar-refractivity contribution in [2.24, 2.45) is 7.05 Å². The Morgan fingerprint density at radius 3 is 1.97 bits per heavy atom. The van der Waals surface area contributed by atoms with E-state index in [1.807, 2.05) is 66.2 Å². The normalized spacial score (nSPS) is 13.4. The van der Waals surface area contributed by atoms with Crippen LogP contribution in [-0.2, 0) is 7.05 Å². The van der Waals surface area contributed by atoms with Crippen molar-refractivity contribution < 1.29 is 14.0 Å². The number of aryl methyl sites for hydroxylation is 3. The van der Waals surface area contributed by atoms with Crippen LogP contribution in [0, 0.1) is 13.8 Å². The number of fused-ring (bicyclic) bond motifs is 3. The lowest BCUT2D eigenvalue weighted by Crippen LogP contribution is -2.01. The van der Waals surface area contributed by atoms with Crippen molar-refractivity contribution in [2.45, 2.75) is 13.8 Å². The molecular formula is C29H21NO3. The molecule has 0 radical (unpaired) electrons. The first kappa shape index (κ1) is 19.5. The zero-order valence-corrected chi connectivity index (χ0v) is 18.6. The van der Waals surface area contributed by atoms with Gasteiger partial charge in [-0.1, -0.05) is 42.5 Å². The molecule has 0 aliphatic heterocycles. The first-order valence-electron chi connectivity index (χ1n) is 10.9. The van der Waals surface area contributed by atoms with Crippen molar-refractivity contribution in [1.29, 1.82) is 0 Å². The molecule has 2 heterocycles. The second-order valence-electron chi connectivity index (χ2n) is 8.72. The first-order valence-corrected chi connectivity index (χ1v) is 10.9. The van der Waals surface area contributed by atoms with Gasteiger partial charge in [0.25, 0.3) is 0 Å². The van der Waals surface area contributed by atoms with Crippen molar-refractivity contribution in [1.82, 2.24) is 4.57 Å². The van der Waals surface area contributed by atoms with Gasteiger partial charge in [-0.05, 0) is 54.0 Å². The predicted octanol–water partition coefficient (Wildman–Crippen LogP) is 6.67. The summed E-state index contributed by atoms with van der Waals surface area (Å²) < 4.78 is 8.15. The summed E-state index contributed by atoms with van der Waals surface area (Å²) in [7, 11) is 1.92. The number of Topliss-reactive ketones (excluding diaryl/α,β-unsaturated/α-hetero) is 2. The molecule has 0 unspecified atom stereocenters. The molecule has 2 aromatic heterocycles. The summed E-state index contributed by atoms with van der Waals surface area (Å²) in [5, 5.41) is 1.91. The van der Waals surface area contributed by atoms with Crippen LogP contribution >= 0.6 is 0 Å². The summed E-state index contributed by atoms with van der Waals surface area (Å²) in [6, 6.07) is 21.5. The Labute approximate surface area is 190 Å². The highest BCUT2D eigenvalue weighted by molar-refractivity contribution is 6.42. The lowest BCUT2D eigenvalue weighted by atomic mass is 10.0. The quantitative estimate of drug-likeness (QED) is 0.232. The van der Waals surface area contributed by atoms with Gasteiger partial charge in [0.2, 0.25) is 0 Å². The summed E-state index contributed by atoms with van der Waals surface area (Å²) in [5.74, 6) is 0.363. The molecule has 0 atom stereocenters. The van der Waals surface area contributed by atoms with Crippen molar-refractivity contribution in [3.05, 3.63) is 100 Å². The van der Waals surface area contributed by atoms with Gasteiger partial charge in [0.15, 0.2) is 17.1 Å². The number of hydrogen-bond donors (Lipinski definition) is 0. The maximum Gasteiger partial charge on any atom is 0.197 e. The Bertz CT molecular complexity index is 1600. The maximum atomic E-state index is 13.1. The third-order valence-electron chi connectivity index (χ3n) is 6.65. The summed E-state index contributed by atoms with van der Waals surface area (Å²) >= 11 is 0. The largest absolute Gasteiger partial charge is 0.454 e. The Hall–Kier alpha value is -4.18. The van der Waals surface area contributed by atoms with Gasteiger partial charge in [-0.15, -0.1) is 0 Å². The zero-order valence-electron chi connectivity index (χ0n) is 18.6. The third kappa shape index (κ3) is 2.84. The number of carbonyl (C=O) groups is 2. The van der Waals surface area contributed by atoms with Crippen LogP contribution in [0.3, 0.4) is 0 Å². The van der Waals surface area contributed by atoms with Crippen LogP contribution in [0.25, 0.3) is 39.3 Å². The molecule has 1 aliphatic carbocycles. The van der Waals surface area contributed by atoms with Gasteiger partial charge < -0.3 is 8.98 Å². The minimum absolute atomic E-state index is 0.193. The topological polar surface area (TPSA) is 52.2 Å². The molecule has 3 aromatic carbocycles. The molecule has 5 aromatic rings. The molecule has 0 saturated heterocycles. The summed E-state index contributed by atoms with van der Waals surface area (Å²) in [5.41, 5.74) is 6.94. The van der Waals surface area contributed by atoms with E-state index in [1.54, 1.807) is 6.08 Å². The van der Waals surface area contributed by atoms with E-state index >= 15 is 0 Å². The molecule has 6 rings (SSSR count). The first-order chi connectivity index (χ1) is 15.9. The number of carbonyl (C=O) groups excluding carboxylic acids is 2. The van der Waals surface area contributed by atoms with Gasteiger partial charge in [0, 0.05) is 41.6 Å². The zero-order chi connectivity index (χ0) is 22.9. The van der Waals surface area contributed by atoms with Crippen LogP contribution in [0.4, 0.5) is 0 Å². The highest BCUT2D eigenvalue weighted by Gasteiger charge is 2.33. The van der Waals surface area contributed by atoms with Gasteiger partial charge in [0.1, 0.15) is 5.76 Å². The Morgan fingerprint density at radius 2 is 1.39 bits per heavy atom. The Kier molecular flexibility index (Phi) is 4.08. The molecule has 0 N–H and O–H groups in total. The van der Waals surface area contributed by atoms with Gasteiger partial charge in [-0.2, -0.15) is 0 Å². The molecule has 4 nitrogen and oxygen atoms in total. The standard InChI is InChI=1S/C29H21NO3/c1-16-7-6-8-17(2)27(16)26-15-24-25(33-26)14-20(30(24)3)13-23-28(31)21-11-18-9-4-5-10-19(18)12-22(21)29(23)32/h4-15H,1-3H3. The molecule has 160 valence electrons. The van der Waals surface area contributed by atoms with E-state index in [-0.39, 0.29) is 17.1 Å². The van der Waals surface area contributed by atoms with Crippen molar-refractivity contribution >= 4 is 39.5 Å². The van der Waals surface area contributed by atoms with Crippen LogP contribution in [0.2, 0.25) is 0 Å². The minimum atomic E-state index is -0.227. The van der Waals surface area contributed by atoms with Crippen LogP contribution in [-0.4, -0.2) is 16.1 Å². The highest BCUT2D eigenvalue weighted by atomic mass is 16.3. The number of hydrogen-bond acceptors (Lipinski definition) is 3. The SMILES string of the molecule is Cc1cccc(C)c1-c1cc2c(cc(C=C3C(=O)c4cc5ccccc5cc4C3=O)n2C)o1. The average Bonchev–Trinajstić information content (AvgIpc) is 3.40. The lowest BCUT2D eigenvalue weighted by Gasteiger charge is -2.06. The molecule has 0 amide bonds. The van der Waals surface area contributed by atoms with E-state index in [2.05, 4.69) is 26.0 Å². The number of benzene rings is 3. The maximum absolute atomic E-state index is 13.1. The van der Waals surface area contributed by atoms with Crippen LogP contribution < -0.4 is 0 Å². The molecular weight excluding hydrogens is 410 g/mol. The number of nitrogens with zero attached hydrogens (tertiary/aromatic N) is 1. The highest BCUT2D eigenvalue weighted by Crippen LogP contribution is 2.35. The van der Waals surface area contributed by atoms with E-state index in [9.17, 15) is 9.59 Å². The van der Waals surface area contributed by atoms with Gasteiger partial charge in [-0.25, -0.2) is 0 Å². The lowest BCUT2D eigenvalue weighted by molar-refractivity contribution is 0.0990. The number of ketones is 2. The van der Waals surface area contributed by atoms with E-state index in [4.69, 9.17) is 4.42 Å². The van der Waals surface area contributed by atoms with Crippen molar-refractivity contribution in [3.8, 4) is 11.3 Å². The van der Waals surface area contributed by atoms with Gasteiger partial charge >= 0.3 is 0 Å². The van der Waals surface area contributed by atoms with Crippen molar-refractivity contribution in [3.63, 3.8) is 0 Å².